The molecule has 7 nitrogen and oxygen atoms in total. The molecular formula is C30H46NO6+. The largest absolute Gasteiger partial charge is 0.460 e. The smallest absolute Gasteiger partial charge is 0.306 e. The van der Waals surface area contributed by atoms with Gasteiger partial charge < -0.3 is 14.4 Å². The Morgan fingerprint density at radius 3 is 2.59 bits per heavy atom. The van der Waals surface area contributed by atoms with Crippen LogP contribution < -0.4 is 4.90 Å². The normalized spacial score (nSPS) is 41.1. The van der Waals surface area contributed by atoms with Gasteiger partial charge in [0, 0.05) is 43.4 Å². The Kier molecular flexibility index (Phi) is 7.67. The van der Waals surface area contributed by atoms with Gasteiger partial charge in [-0.15, -0.1) is 0 Å². The second-order valence-corrected chi connectivity index (χ2v) is 13.3. The molecule has 4 saturated carbocycles. The van der Waals surface area contributed by atoms with Crippen molar-refractivity contribution in [2.45, 2.75) is 78.6 Å². The van der Waals surface area contributed by atoms with Crippen molar-refractivity contribution in [1.82, 2.24) is 0 Å². The zero-order valence-corrected chi connectivity index (χ0v) is 23.0. The van der Waals surface area contributed by atoms with Gasteiger partial charge >= 0.3 is 5.97 Å². The van der Waals surface area contributed by atoms with Crippen LogP contribution in [0.3, 0.4) is 0 Å². The van der Waals surface area contributed by atoms with Crippen LogP contribution in [0.5, 0.6) is 0 Å². The summed E-state index contributed by atoms with van der Waals surface area (Å²) in [6, 6.07) is 0. The lowest BCUT2D eigenvalue weighted by molar-refractivity contribution is -0.908. The van der Waals surface area contributed by atoms with Gasteiger partial charge in [0.2, 0.25) is 0 Å². The van der Waals surface area contributed by atoms with Gasteiger partial charge in [-0.1, -0.05) is 20.8 Å². The van der Waals surface area contributed by atoms with Crippen molar-refractivity contribution in [2.75, 3.05) is 39.5 Å². The maximum absolute atomic E-state index is 13.9. The van der Waals surface area contributed by atoms with Crippen LogP contribution in [-0.2, 0) is 28.7 Å². The van der Waals surface area contributed by atoms with E-state index >= 15 is 0 Å². The number of nitrogens with one attached hydrogen (secondary N) is 1. The second kappa shape index (κ2) is 10.5. The van der Waals surface area contributed by atoms with E-state index in [0.717, 1.165) is 52.1 Å². The van der Waals surface area contributed by atoms with Crippen molar-refractivity contribution in [2.24, 2.45) is 46.3 Å². The predicted molar refractivity (Wildman–Crippen MR) is 137 cm³/mol. The van der Waals surface area contributed by atoms with E-state index in [1.807, 2.05) is 0 Å². The minimum absolute atomic E-state index is 0.0537. The van der Waals surface area contributed by atoms with Crippen LogP contribution in [0.1, 0.15) is 78.6 Å². The molecule has 5 fully saturated rings. The lowest BCUT2D eigenvalue weighted by atomic mass is 9.44. The molecule has 206 valence electrons. The molecule has 0 bridgehead atoms. The number of ketones is 3. The van der Waals surface area contributed by atoms with E-state index in [1.54, 1.807) is 0 Å². The highest BCUT2D eigenvalue weighted by Crippen LogP contribution is 2.66. The molecule has 1 saturated heterocycles. The molecule has 0 unspecified atom stereocenters. The Balaban J connectivity index is 1.20. The second-order valence-electron chi connectivity index (χ2n) is 13.3. The summed E-state index contributed by atoms with van der Waals surface area (Å²) in [5, 5.41) is 0. The zero-order valence-electron chi connectivity index (χ0n) is 23.0. The quantitative estimate of drug-likeness (QED) is 0.523. The zero-order chi connectivity index (χ0) is 26.4. The Morgan fingerprint density at radius 2 is 1.84 bits per heavy atom. The van der Waals surface area contributed by atoms with E-state index in [1.165, 1.54) is 4.90 Å². The van der Waals surface area contributed by atoms with Gasteiger partial charge in [0.25, 0.3) is 0 Å². The topological polar surface area (TPSA) is 91.2 Å². The van der Waals surface area contributed by atoms with Crippen LogP contribution in [0.25, 0.3) is 0 Å². The number of quaternary nitrogens is 1. The molecule has 0 radical (unpaired) electrons. The number of Topliss-reactive ketones (excluding diaryl/α,β-unsaturated/α-hetero) is 3. The van der Waals surface area contributed by atoms with E-state index < -0.39 is 5.41 Å². The first-order valence-electron chi connectivity index (χ1n) is 14.8. The lowest BCUT2D eigenvalue weighted by Gasteiger charge is -2.58. The third-order valence-electron chi connectivity index (χ3n) is 11.6. The Morgan fingerprint density at radius 1 is 1.08 bits per heavy atom. The molecule has 0 aromatic carbocycles. The molecule has 0 aromatic rings. The molecule has 37 heavy (non-hydrogen) atoms. The van der Waals surface area contributed by atoms with Crippen molar-refractivity contribution < 1.29 is 33.6 Å². The fraction of sp³-hybridized carbons (Fsp3) is 0.867. The summed E-state index contributed by atoms with van der Waals surface area (Å²) >= 11 is 0. The van der Waals surface area contributed by atoms with E-state index in [2.05, 4.69) is 20.8 Å². The first-order valence-corrected chi connectivity index (χ1v) is 14.8. The third-order valence-corrected chi connectivity index (χ3v) is 11.6. The monoisotopic (exact) mass is 516 g/mol. The average Bonchev–Trinajstić information content (AvgIpc) is 3.23. The molecule has 8 atom stereocenters. The number of hydrogen-bond acceptors (Lipinski definition) is 6. The van der Waals surface area contributed by atoms with Gasteiger partial charge in [-0.05, 0) is 60.7 Å². The molecular weight excluding hydrogens is 470 g/mol. The van der Waals surface area contributed by atoms with E-state index in [-0.39, 0.29) is 52.7 Å². The average molecular weight is 517 g/mol. The van der Waals surface area contributed by atoms with Crippen LogP contribution in [-0.4, -0.2) is 62.8 Å². The molecule has 4 aliphatic carbocycles. The van der Waals surface area contributed by atoms with E-state index in [9.17, 15) is 19.2 Å². The van der Waals surface area contributed by atoms with E-state index in [4.69, 9.17) is 9.47 Å². The van der Waals surface area contributed by atoms with Gasteiger partial charge in [0.15, 0.2) is 0 Å². The lowest BCUT2D eigenvalue weighted by Crippen LogP contribution is -3.14. The first-order chi connectivity index (χ1) is 17.6. The third kappa shape index (κ3) is 4.84. The van der Waals surface area contributed by atoms with Gasteiger partial charge in [0.1, 0.15) is 43.6 Å². The Bertz CT molecular complexity index is 927. The molecule has 1 heterocycles. The van der Waals surface area contributed by atoms with Gasteiger partial charge in [-0.25, -0.2) is 0 Å². The van der Waals surface area contributed by atoms with E-state index in [0.29, 0.717) is 56.7 Å². The highest BCUT2D eigenvalue weighted by molar-refractivity contribution is 5.93. The summed E-state index contributed by atoms with van der Waals surface area (Å²) < 4.78 is 10.9. The van der Waals surface area contributed by atoms with Crippen LogP contribution >= 0.6 is 0 Å². The molecule has 5 rings (SSSR count). The molecule has 0 amide bonds. The van der Waals surface area contributed by atoms with Gasteiger partial charge in [0.05, 0.1) is 13.2 Å². The van der Waals surface area contributed by atoms with Crippen molar-refractivity contribution in [3.05, 3.63) is 0 Å². The van der Waals surface area contributed by atoms with Crippen LogP contribution in [0.15, 0.2) is 0 Å². The number of esters is 1. The molecule has 5 aliphatic rings. The van der Waals surface area contributed by atoms with Crippen molar-refractivity contribution in [1.29, 1.82) is 0 Å². The number of carbonyl (C=O) groups is 4. The van der Waals surface area contributed by atoms with Crippen LogP contribution in [0.2, 0.25) is 0 Å². The van der Waals surface area contributed by atoms with Crippen molar-refractivity contribution >= 4 is 23.3 Å². The summed E-state index contributed by atoms with van der Waals surface area (Å²) in [4.78, 5) is 53.5. The predicted octanol–water partition coefficient (Wildman–Crippen LogP) is 2.45. The number of fused-ring (bicyclic) bond motifs is 5. The minimum Gasteiger partial charge on any atom is -0.460 e. The maximum Gasteiger partial charge on any atom is 0.306 e. The van der Waals surface area contributed by atoms with Crippen molar-refractivity contribution in [3.63, 3.8) is 0 Å². The standard InChI is InChI=1S/C30H45NO6/c1-19(4-7-27(35)37-15-12-31-10-13-36-14-11-31)22-5-6-23-28-24(18-26(34)30(22,23)3)29(2)9-8-21(32)16-20(29)17-25(28)33/h19-20,22-24,28H,4-18H2,1-3H3/p+1/t19-,20+,22-,23+,24+,28+,29+,30-/m1/s1. The van der Waals surface area contributed by atoms with Crippen LogP contribution in [0, 0.1) is 46.3 Å². The number of carbonyl (C=O) groups excluding carboxylic acids is 4. The highest BCUT2D eigenvalue weighted by atomic mass is 16.5. The van der Waals surface area contributed by atoms with Crippen molar-refractivity contribution in [3.8, 4) is 0 Å². The van der Waals surface area contributed by atoms with Gasteiger partial charge in [-0.2, -0.15) is 0 Å². The minimum atomic E-state index is -0.493. The molecule has 0 spiro atoms. The van der Waals surface area contributed by atoms with Gasteiger partial charge in [-0.3, -0.25) is 19.2 Å². The fourth-order valence-electron chi connectivity index (χ4n) is 9.23. The maximum atomic E-state index is 13.9. The number of ether oxygens (including phenoxy) is 2. The summed E-state index contributed by atoms with van der Waals surface area (Å²) in [6.45, 7) is 11.3. The fourth-order valence-corrected chi connectivity index (χ4v) is 9.23. The van der Waals surface area contributed by atoms with Crippen LogP contribution in [0.4, 0.5) is 0 Å². The summed E-state index contributed by atoms with van der Waals surface area (Å²) in [5.74, 6) is 1.38. The SMILES string of the molecule is C[C@H](CCC(=O)OCC[NH+]1CCOCC1)[C@H]1CC[C@H]2[C@@H]3C(=O)C[C@@H]4CC(=O)CC[C@]4(C)[C@H]3CC(=O)[C@]12C. The molecule has 1 aliphatic heterocycles. The summed E-state index contributed by atoms with van der Waals surface area (Å²) in [5.41, 5.74) is -0.576. The first kappa shape index (κ1) is 27.0. The highest BCUT2D eigenvalue weighted by Gasteiger charge is 2.66. The Labute approximate surface area is 221 Å². The summed E-state index contributed by atoms with van der Waals surface area (Å²) in [7, 11) is 0. The molecule has 1 N–H and O–H groups in total. The molecule has 7 heteroatoms. The number of hydrogen-bond donors (Lipinski definition) is 1. The Hall–Kier alpha value is -1.60. The number of rotatable bonds is 7. The molecule has 0 aromatic heterocycles. The summed E-state index contributed by atoms with van der Waals surface area (Å²) in [6.07, 6.45) is 5.83. The number of morpholine rings is 1.